The summed E-state index contributed by atoms with van der Waals surface area (Å²) >= 11 is 0. The molecular formula is C41H41N5O11. The Balaban J connectivity index is 1.43. The van der Waals surface area contributed by atoms with Gasteiger partial charge in [-0.1, -0.05) is 54.6 Å². The summed E-state index contributed by atoms with van der Waals surface area (Å²) in [6.45, 7) is 9.35. The summed E-state index contributed by atoms with van der Waals surface area (Å²) in [6.07, 6.45) is -5.14. The molecule has 16 nitrogen and oxygen atoms in total. The predicted octanol–water partition coefficient (Wildman–Crippen LogP) is 6.71. The van der Waals surface area contributed by atoms with E-state index < -0.39 is 72.4 Å². The van der Waals surface area contributed by atoms with E-state index in [1.807, 2.05) is 0 Å². The number of ether oxygens (including phenoxy) is 6. The Labute approximate surface area is 327 Å². The number of imidazole rings is 1. The first-order valence-electron chi connectivity index (χ1n) is 17.9. The van der Waals surface area contributed by atoms with Crippen molar-refractivity contribution in [3.63, 3.8) is 0 Å². The van der Waals surface area contributed by atoms with E-state index in [-0.39, 0.29) is 33.7 Å². The third-order valence-electron chi connectivity index (χ3n) is 8.16. The monoisotopic (exact) mass is 779 g/mol. The van der Waals surface area contributed by atoms with Crippen LogP contribution in [0.15, 0.2) is 104 Å². The van der Waals surface area contributed by atoms with Crippen molar-refractivity contribution < 1.29 is 52.4 Å². The van der Waals surface area contributed by atoms with Crippen LogP contribution in [-0.4, -0.2) is 85.7 Å². The number of rotatable bonds is 9. The number of hydrogen-bond donors (Lipinski definition) is 0. The molecule has 2 amide bonds. The molecule has 0 spiro atoms. The molecule has 296 valence electrons. The largest absolute Gasteiger partial charge is 0.459 e. The Morgan fingerprint density at radius 1 is 0.649 bits per heavy atom. The molecule has 6 rings (SSSR count). The number of benzene rings is 3. The summed E-state index contributed by atoms with van der Waals surface area (Å²) in [5.74, 6) is -2.50. The Hall–Kier alpha value is -6.68. The minimum atomic E-state index is -1.41. The van der Waals surface area contributed by atoms with Gasteiger partial charge in [-0.2, -0.15) is 4.90 Å². The fourth-order valence-electron chi connectivity index (χ4n) is 5.73. The molecule has 0 radical (unpaired) electrons. The highest BCUT2D eigenvalue weighted by Crippen LogP contribution is 2.38. The SMILES string of the molecule is CC(C)(C)OC(=O)N(C(=O)OC(C)(C)C)c1ncnc2c1ncn2C1OC(COC(=O)c2ccccc2)C(OC(=O)c2ccccc2)C1OC(=O)c1ccccc1. The molecule has 3 aromatic carbocycles. The molecule has 0 aliphatic carbocycles. The lowest BCUT2D eigenvalue weighted by Crippen LogP contribution is -2.44. The maximum Gasteiger partial charge on any atom is 0.425 e. The highest BCUT2D eigenvalue weighted by molar-refractivity contribution is 6.12. The van der Waals surface area contributed by atoms with Crippen molar-refractivity contribution in [1.82, 2.24) is 19.5 Å². The van der Waals surface area contributed by atoms with Crippen molar-refractivity contribution in [3.05, 3.63) is 120 Å². The number of imide groups is 1. The highest BCUT2D eigenvalue weighted by Gasteiger charge is 2.52. The fraction of sp³-hybridized carbons (Fsp3) is 0.317. The van der Waals surface area contributed by atoms with Crippen LogP contribution in [0.5, 0.6) is 0 Å². The van der Waals surface area contributed by atoms with Crippen molar-refractivity contribution in [2.45, 2.75) is 77.3 Å². The molecule has 0 bridgehead atoms. The highest BCUT2D eigenvalue weighted by atomic mass is 16.7. The second kappa shape index (κ2) is 16.6. The van der Waals surface area contributed by atoms with E-state index in [0.29, 0.717) is 4.90 Å². The summed E-state index contributed by atoms with van der Waals surface area (Å²) < 4.78 is 36.7. The van der Waals surface area contributed by atoms with Crippen LogP contribution in [0.1, 0.15) is 78.8 Å². The van der Waals surface area contributed by atoms with Gasteiger partial charge in [0.1, 0.15) is 30.2 Å². The van der Waals surface area contributed by atoms with Crippen molar-refractivity contribution in [3.8, 4) is 0 Å². The van der Waals surface area contributed by atoms with E-state index in [4.69, 9.17) is 28.4 Å². The Morgan fingerprint density at radius 2 is 1.12 bits per heavy atom. The zero-order valence-electron chi connectivity index (χ0n) is 32.1. The van der Waals surface area contributed by atoms with Gasteiger partial charge in [0.25, 0.3) is 0 Å². The van der Waals surface area contributed by atoms with Gasteiger partial charge >= 0.3 is 30.1 Å². The van der Waals surface area contributed by atoms with Crippen molar-refractivity contribution in [2.75, 3.05) is 11.5 Å². The first-order chi connectivity index (χ1) is 27.1. The van der Waals surface area contributed by atoms with Gasteiger partial charge in [-0.3, -0.25) is 4.57 Å². The number of fused-ring (bicyclic) bond motifs is 1. The van der Waals surface area contributed by atoms with Crippen LogP contribution < -0.4 is 4.90 Å². The van der Waals surface area contributed by atoms with E-state index in [1.54, 1.807) is 133 Å². The molecule has 1 saturated heterocycles. The molecule has 0 saturated carbocycles. The number of carbonyl (C=O) groups excluding carboxylic acids is 5. The molecule has 1 aliphatic heterocycles. The molecule has 16 heteroatoms. The van der Waals surface area contributed by atoms with Crippen molar-refractivity contribution >= 4 is 47.1 Å². The standard InChI is InChI=1S/C41H41N5O11/c1-40(2,3)56-38(50)46(39(51)57-41(4,5)6)33-29-32(42-23-43-33)45(24-44-29)34-31(55-37(49)27-20-14-9-15-21-27)30(54-36(48)26-18-12-8-13-19-26)28(53-34)22-52-35(47)25-16-10-7-11-17-25/h7-21,23-24,28,30-31,34H,22H2,1-6H3. The van der Waals surface area contributed by atoms with Gasteiger partial charge in [0, 0.05) is 0 Å². The average Bonchev–Trinajstić information content (AvgIpc) is 3.74. The number of anilines is 1. The van der Waals surface area contributed by atoms with Crippen LogP contribution in [0.2, 0.25) is 0 Å². The Morgan fingerprint density at radius 3 is 1.61 bits per heavy atom. The van der Waals surface area contributed by atoms with Crippen molar-refractivity contribution in [1.29, 1.82) is 0 Å². The van der Waals surface area contributed by atoms with Gasteiger partial charge in [-0.05, 0) is 77.9 Å². The van der Waals surface area contributed by atoms with Gasteiger partial charge in [-0.15, -0.1) is 0 Å². The van der Waals surface area contributed by atoms with Crippen LogP contribution in [0.4, 0.5) is 15.4 Å². The summed E-state index contributed by atoms with van der Waals surface area (Å²) in [5, 5.41) is 0. The lowest BCUT2D eigenvalue weighted by atomic mass is 10.1. The summed E-state index contributed by atoms with van der Waals surface area (Å²) in [5.41, 5.74) is -1.43. The van der Waals surface area contributed by atoms with E-state index in [2.05, 4.69) is 15.0 Å². The van der Waals surface area contributed by atoms with E-state index in [1.165, 1.54) is 10.9 Å². The van der Waals surface area contributed by atoms with Crippen LogP contribution in [0, 0.1) is 0 Å². The van der Waals surface area contributed by atoms with Gasteiger partial charge in [0.05, 0.1) is 23.0 Å². The van der Waals surface area contributed by atoms with E-state index in [9.17, 15) is 24.0 Å². The predicted molar refractivity (Wildman–Crippen MR) is 202 cm³/mol. The second-order valence-electron chi connectivity index (χ2n) is 14.8. The first-order valence-corrected chi connectivity index (χ1v) is 17.9. The van der Waals surface area contributed by atoms with E-state index >= 15 is 0 Å². The van der Waals surface area contributed by atoms with Crippen LogP contribution in [-0.2, 0) is 28.4 Å². The van der Waals surface area contributed by atoms with Crippen LogP contribution in [0.3, 0.4) is 0 Å². The smallest absolute Gasteiger partial charge is 0.425 e. The quantitative estimate of drug-likeness (QED) is 0.113. The van der Waals surface area contributed by atoms with Crippen LogP contribution in [0.25, 0.3) is 11.2 Å². The van der Waals surface area contributed by atoms with Gasteiger partial charge in [0.15, 0.2) is 35.4 Å². The molecule has 1 fully saturated rings. The van der Waals surface area contributed by atoms with Gasteiger partial charge < -0.3 is 28.4 Å². The van der Waals surface area contributed by atoms with Crippen molar-refractivity contribution in [2.24, 2.45) is 0 Å². The third kappa shape index (κ3) is 9.59. The molecule has 57 heavy (non-hydrogen) atoms. The summed E-state index contributed by atoms with van der Waals surface area (Å²) in [7, 11) is 0. The molecule has 3 heterocycles. The number of carbonyl (C=O) groups is 5. The zero-order valence-corrected chi connectivity index (χ0v) is 32.1. The molecular weight excluding hydrogens is 738 g/mol. The molecule has 2 aromatic heterocycles. The van der Waals surface area contributed by atoms with Crippen LogP contribution >= 0.6 is 0 Å². The number of amides is 2. The van der Waals surface area contributed by atoms with Gasteiger partial charge in [-0.25, -0.2) is 38.9 Å². The maximum atomic E-state index is 13.7. The minimum absolute atomic E-state index is 0.0120. The zero-order chi connectivity index (χ0) is 40.9. The maximum absolute atomic E-state index is 13.7. The number of esters is 3. The molecule has 5 aromatic rings. The lowest BCUT2D eigenvalue weighted by Gasteiger charge is -2.28. The molecule has 4 unspecified atom stereocenters. The average molecular weight is 780 g/mol. The third-order valence-corrected chi connectivity index (χ3v) is 8.16. The fourth-order valence-corrected chi connectivity index (χ4v) is 5.73. The topological polar surface area (TPSA) is 188 Å². The molecule has 4 atom stereocenters. The van der Waals surface area contributed by atoms with E-state index in [0.717, 1.165) is 6.33 Å². The Bertz CT molecular complexity index is 2210. The summed E-state index contributed by atoms with van der Waals surface area (Å²) in [4.78, 5) is 81.2. The molecule has 0 N–H and O–H groups in total. The normalized spacial score (nSPS) is 18.0. The number of hydrogen-bond acceptors (Lipinski definition) is 14. The minimum Gasteiger partial charge on any atom is -0.459 e. The lowest BCUT2D eigenvalue weighted by molar-refractivity contribution is -0.0606. The van der Waals surface area contributed by atoms with Gasteiger partial charge in [0.2, 0.25) is 0 Å². The second-order valence-corrected chi connectivity index (χ2v) is 14.8. The number of aromatic nitrogens is 4. The Kier molecular flexibility index (Phi) is 11.6. The number of nitrogens with zero attached hydrogens (tertiary/aromatic N) is 5. The molecule has 1 aliphatic rings. The summed E-state index contributed by atoms with van der Waals surface area (Å²) in [6, 6.07) is 24.5. The first kappa shape index (κ1) is 40.0.